The van der Waals surface area contributed by atoms with Gasteiger partial charge in [-0.15, -0.1) is 0 Å². The van der Waals surface area contributed by atoms with Crippen LogP contribution in [0.3, 0.4) is 0 Å². The van der Waals surface area contributed by atoms with Gasteiger partial charge < -0.3 is 4.57 Å². The van der Waals surface area contributed by atoms with E-state index in [-0.39, 0.29) is 0 Å². The third-order valence-corrected chi connectivity index (χ3v) is 10.2. The van der Waals surface area contributed by atoms with Crippen LogP contribution in [0.2, 0.25) is 0 Å². The first kappa shape index (κ1) is 30.9. The fourth-order valence-corrected chi connectivity index (χ4v) is 7.71. The summed E-state index contributed by atoms with van der Waals surface area (Å²) < 4.78 is 2.40. The highest BCUT2D eigenvalue weighted by atomic mass is 15.0. The molecule has 2 aliphatic rings. The van der Waals surface area contributed by atoms with Crippen LogP contribution < -0.4 is 0 Å². The minimum absolute atomic E-state index is 0.635. The molecule has 49 heavy (non-hydrogen) atoms. The lowest BCUT2D eigenvalue weighted by Crippen LogP contribution is -1.96. The standard InChI is InChI=1S/C48H43N/c1-5-12-34(20-19-32(2)3)36-23-25-39-28-40-26-24-38(31-46(40)45(39)30-36)37-22-21-35-13-6-7-14-41(27-33(4)44(35)29-37)49-47-17-10-8-15-42(47)43-16-9-11-18-48(43)49/h5,7-12,14-18,20-27,29-32H,4,6,13,19,28H2,1-3H3/b12-5-,14-7-,34-20+,41-27+. The topological polar surface area (TPSA) is 4.93 Å². The number of allylic oxidation sites excluding steroid dienone is 9. The van der Waals surface area contributed by atoms with Crippen LogP contribution >= 0.6 is 0 Å². The predicted octanol–water partition coefficient (Wildman–Crippen LogP) is 13.1. The number of para-hydroxylation sites is 2. The maximum atomic E-state index is 4.67. The predicted molar refractivity (Wildman–Crippen MR) is 213 cm³/mol. The molecule has 2 aliphatic carbocycles. The number of benzene rings is 5. The average Bonchev–Trinajstić information content (AvgIpc) is 3.67. The Morgan fingerprint density at radius 1 is 0.755 bits per heavy atom. The summed E-state index contributed by atoms with van der Waals surface area (Å²) in [6.45, 7) is 11.3. The summed E-state index contributed by atoms with van der Waals surface area (Å²) in [5.74, 6) is 0.635. The molecule has 0 radical (unpaired) electrons. The van der Waals surface area contributed by atoms with Crippen molar-refractivity contribution in [3.8, 4) is 22.3 Å². The Bertz CT molecular complexity index is 2330. The molecule has 0 atom stereocenters. The van der Waals surface area contributed by atoms with Gasteiger partial charge in [0, 0.05) is 16.5 Å². The van der Waals surface area contributed by atoms with Gasteiger partial charge in [-0.2, -0.15) is 0 Å². The van der Waals surface area contributed by atoms with E-state index in [0.29, 0.717) is 5.92 Å². The molecule has 0 bridgehead atoms. The molecule has 6 aromatic rings. The summed E-state index contributed by atoms with van der Waals surface area (Å²) in [6, 6.07) is 38.5. The minimum atomic E-state index is 0.635. The zero-order valence-electron chi connectivity index (χ0n) is 28.8. The van der Waals surface area contributed by atoms with Gasteiger partial charge in [-0.3, -0.25) is 0 Å². The molecule has 0 N–H and O–H groups in total. The number of fused-ring (bicyclic) bond motifs is 7. The van der Waals surface area contributed by atoms with Crippen LogP contribution in [0.4, 0.5) is 0 Å². The minimum Gasteiger partial charge on any atom is -0.309 e. The molecule has 0 saturated heterocycles. The molecule has 0 fully saturated rings. The first-order valence-electron chi connectivity index (χ1n) is 17.8. The van der Waals surface area contributed by atoms with Crippen molar-refractivity contribution in [2.24, 2.45) is 5.92 Å². The SMILES string of the molecule is C=C1/C=C(n2c3ccccc3c3ccccc32)\C=C/CCc2ccc(-c3ccc4c(c3)-c3cc(C(/C=C\C)=C/CC(C)C)ccc3C4)cc21. The summed E-state index contributed by atoms with van der Waals surface area (Å²) in [5, 5.41) is 2.55. The van der Waals surface area contributed by atoms with E-state index < -0.39 is 0 Å². The van der Waals surface area contributed by atoms with Crippen molar-refractivity contribution in [2.75, 3.05) is 0 Å². The van der Waals surface area contributed by atoms with Gasteiger partial charge in [-0.05, 0) is 142 Å². The Labute approximate surface area is 290 Å². The van der Waals surface area contributed by atoms with Gasteiger partial charge >= 0.3 is 0 Å². The number of hydrogen-bond donors (Lipinski definition) is 0. The summed E-state index contributed by atoms with van der Waals surface area (Å²) in [7, 11) is 0. The fourth-order valence-electron chi connectivity index (χ4n) is 7.71. The van der Waals surface area contributed by atoms with E-state index in [1.807, 2.05) is 0 Å². The molecule has 5 aromatic carbocycles. The monoisotopic (exact) mass is 633 g/mol. The second-order valence-electron chi connectivity index (χ2n) is 14.0. The van der Waals surface area contributed by atoms with Crippen molar-refractivity contribution >= 4 is 38.6 Å². The molecule has 1 aromatic heterocycles. The summed E-state index contributed by atoms with van der Waals surface area (Å²) in [4.78, 5) is 0. The molecule has 0 unspecified atom stereocenters. The van der Waals surface area contributed by atoms with E-state index in [1.54, 1.807) is 0 Å². The van der Waals surface area contributed by atoms with Crippen LogP contribution in [-0.4, -0.2) is 4.57 Å². The lowest BCUT2D eigenvalue weighted by Gasteiger charge is -2.14. The largest absolute Gasteiger partial charge is 0.309 e. The second-order valence-corrected chi connectivity index (χ2v) is 14.0. The zero-order valence-corrected chi connectivity index (χ0v) is 28.8. The maximum Gasteiger partial charge on any atom is 0.0541 e. The number of rotatable bonds is 6. The molecule has 0 amide bonds. The van der Waals surface area contributed by atoms with Crippen LogP contribution in [0.5, 0.6) is 0 Å². The van der Waals surface area contributed by atoms with Crippen LogP contribution in [-0.2, 0) is 12.8 Å². The molecule has 8 rings (SSSR count). The summed E-state index contributed by atoms with van der Waals surface area (Å²) in [6.07, 6.45) is 17.7. The quantitative estimate of drug-likeness (QED) is 0.161. The van der Waals surface area contributed by atoms with Gasteiger partial charge in [0.25, 0.3) is 0 Å². The third-order valence-electron chi connectivity index (χ3n) is 10.2. The van der Waals surface area contributed by atoms with Gasteiger partial charge in [0.15, 0.2) is 0 Å². The number of aromatic nitrogens is 1. The van der Waals surface area contributed by atoms with Crippen molar-refractivity contribution in [1.82, 2.24) is 4.57 Å². The maximum absolute atomic E-state index is 4.67. The van der Waals surface area contributed by atoms with Crippen molar-refractivity contribution in [3.05, 3.63) is 174 Å². The van der Waals surface area contributed by atoms with Gasteiger partial charge in [-0.25, -0.2) is 0 Å². The second kappa shape index (κ2) is 12.9. The molecule has 1 heteroatoms. The Balaban J connectivity index is 1.18. The highest BCUT2D eigenvalue weighted by Crippen LogP contribution is 2.41. The van der Waals surface area contributed by atoms with E-state index in [9.17, 15) is 0 Å². The molecule has 0 spiro atoms. The number of nitrogens with zero attached hydrogens (tertiary/aromatic N) is 1. The van der Waals surface area contributed by atoms with E-state index in [1.165, 1.54) is 77.5 Å². The van der Waals surface area contributed by atoms with E-state index in [2.05, 4.69) is 172 Å². The van der Waals surface area contributed by atoms with Gasteiger partial charge in [0.05, 0.1) is 11.0 Å². The lowest BCUT2D eigenvalue weighted by atomic mass is 9.91. The van der Waals surface area contributed by atoms with Crippen molar-refractivity contribution < 1.29 is 0 Å². The highest BCUT2D eigenvalue weighted by molar-refractivity contribution is 6.10. The molecule has 240 valence electrons. The van der Waals surface area contributed by atoms with Gasteiger partial charge in [0.2, 0.25) is 0 Å². The Morgan fingerprint density at radius 2 is 1.39 bits per heavy atom. The molecule has 0 aliphatic heterocycles. The number of hydrogen-bond acceptors (Lipinski definition) is 0. The lowest BCUT2D eigenvalue weighted by molar-refractivity contribution is 0.664. The van der Waals surface area contributed by atoms with Crippen LogP contribution in [0.1, 0.15) is 61.4 Å². The Hall–Kier alpha value is -5.40. The zero-order chi connectivity index (χ0) is 33.5. The van der Waals surface area contributed by atoms with Crippen LogP contribution in [0, 0.1) is 5.92 Å². The van der Waals surface area contributed by atoms with Crippen molar-refractivity contribution in [1.29, 1.82) is 0 Å². The molecular formula is C48H43N. The van der Waals surface area contributed by atoms with Crippen molar-refractivity contribution in [2.45, 2.75) is 46.5 Å². The first-order chi connectivity index (χ1) is 24.0. The summed E-state index contributed by atoms with van der Waals surface area (Å²) in [5.41, 5.74) is 17.8. The van der Waals surface area contributed by atoms with Crippen molar-refractivity contribution in [3.63, 3.8) is 0 Å². The number of aryl methyl sites for hydroxylation is 1. The Kier molecular flexibility index (Phi) is 8.14. The third kappa shape index (κ3) is 5.74. The molecule has 1 heterocycles. The van der Waals surface area contributed by atoms with Crippen LogP contribution in [0.25, 0.3) is 60.9 Å². The normalized spacial score (nSPS) is 16.3. The summed E-state index contributed by atoms with van der Waals surface area (Å²) >= 11 is 0. The highest BCUT2D eigenvalue weighted by Gasteiger charge is 2.21. The molecule has 1 nitrogen and oxygen atoms in total. The smallest absolute Gasteiger partial charge is 0.0541 e. The van der Waals surface area contributed by atoms with Crippen LogP contribution in [0.15, 0.2) is 146 Å². The van der Waals surface area contributed by atoms with E-state index in [0.717, 1.165) is 37.0 Å². The van der Waals surface area contributed by atoms with Gasteiger partial charge in [-0.1, -0.05) is 118 Å². The van der Waals surface area contributed by atoms with E-state index in [4.69, 9.17) is 0 Å². The molecule has 0 saturated carbocycles. The van der Waals surface area contributed by atoms with E-state index >= 15 is 0 Å². The average molecular weight is 634 g/mol. The first-order valence-corrected chi connectivity index (χ1v) is 17.8. The molecular weight excluding hydrogens is 591 g/mol. The Morgan fingerprint density at radius 3 is 2.08 bits per heavy atom. The fraction of sp³-hybridized carbons (Fsp3) is 0.167. The van der Waals surface area contributed by atoms with Gasteiger partial charge in [0.1, 0.15) is 0 Å².